The first-order valence-electron chi connectivity index (χ1n) is 5.41. The monoisotopic (exact) mass is 226 g/mol. The molecule has 0 aromatic heterocycles. The molecule has 0 atom stereocenters. The number of ether oxygens (including phenoxy) is 2. The van der Waals surface area contributed by atoms with Gasteiger partial charge in [-0.25, -0.2) is 4.79 Å². The van der Waals surface area contributed by atoms with Crippen LogP contribution in [0.15, 0.2) is 24.3 Å². The molecule has 0 unspecified atom stereocenters. The van der Waals surface area contributed by atoms with Crippen molar-refractivity contribution in [1.82, 2.24) is 0 Å². The van der Waals surface area contributed by atoms with Crippen LogP contribution in [-0.4, -0.2) is 24.8 Å². The molecule has 0 aliphatic heterocycles. The van der Waals surface area contributed by atoms with E-state index in [0.29, 0.717) is 12.2 Å². The number of hydrogen-bond acceptors (Lipinski definition) is 3. The number of carbonyl (C=O) groups is 1. The van der Waals surface area contributed by atoms with Gasteiger partial charge in [-0.15, -0.1) is 0 Å². The second-order valence-corrected chi connectivity index (χ2v) is 4.56. The maximum absolute atomic E-state index is 11.6. The summed E-state index contributed by atoms with van der Waals surface area (Å²) in [6.45, 7) is 15.5. The van der Waals surface area contributed by atoms with Crippen molar-refractivity contribution in [3.63, 3.8) is 0 Å². The van der Waals surface area contributed by atoms with E-state index in [-0.39, 0.29) is 6.61 Å². The molecule has 0 N–H and O–H groups in total. The normalized spacial score (nSPS) is 11.0. The Balaban J connectivity index is 4.01. The highest BCUT2D eigenvalue weighted by Gasteiger charge is 2.21. The van der Waals surface area contributed by atoms with Crippen LogP contribution in [0.3, 0.4) is 0 Å². The van der Waals surface area contributed by atoms with Crippen LogP contribution in [0.2, 0.25) is 0 Å². The van der Waals surface area contributed by atoms with Crippen LogP contribution in [0.4, 0.5) is 0 Å². The minimum absolute atomic E-state index is 0.186. The highest BCUT2D eigenvalue weighted by atomic mass is 16.6. The summed E-state index contributed by atoms with van der Waals surface area (Å²) in [5.41, 5.74) is 0.798. The minimum atomic E-state index is -0.450. The van der Waals surface area contributed by atoms with Crippen molar-refractivity contribution in [3.05, 3.63) is 24.3 Å². The maximum atomic E-state index is 11.6. The Morgan fingerprint density at radius 2 is 1.81 bits per heavy atom. The molecule has 0 rings (SSSR count). The number of esters is 1. The molecule has 92 valence electrons. The van der Waals surface area contributed by atoms with Crippen LogP contribution in [0.5, 0.6) is 0 Å². The van der Waals surface area contributed by atoms with Gasteiger partial charge in [0, 0.05) is 0 Å². The molecule has 0 aliphatic carbocycles. The average Bonchev–Trinajstić information content (AvgIpc) is 2.16. The van der Waals surface area contributed by atoms with Crippen molar-refractivity contribution in [3.8, 4) is 0 Å². The molecule has 16 heavy (non-hydrogen) atoms. The summed E-state index contributed by atoms with van der Waals surface area (Å²) in [6.07, 6.45) is 0.763. The van der Waals surface area contributed by atoms with Crippen LogP contribution in [0.25, 0.3) is 0 Å². The van der Waals surface area contributed by atoms with Gasteiger partial charge >= 0.3 is 5.97 Å². The standard InChI is InChI=1S/C13H22O3/c1-7-13(5,6)16-12(14)11(4)9-15-8-10(2)3/h2,4,7-9H2,1,3,5-6H3. The van der Waals surface area contributed by atoms with Crippen molar-refractivity contribution in [1.29, 1.82) is 0 Å². The van der Waals surface area contributed by atoms with Gasteiger partial charge in [0.25, 0.3) is 0 Å². The predicted octanol–water partition coefficient (Wildman–Crippen LogP) is 2.87. The van der Waals surface area contributed by atoms with E-state index in [1.165, 1.54) is 0 Å². The van der Waals surface area contributed by atoms with Crippen LogP contribution in [-0.2, 0) is 14.3 Å². The number of carbonyl (C=O) groups excluding carboxylic acids is 1. The van der Waals surface area contributed by atoms with Gasteiger partial charge in [-0.2, -0.15) is 0 Å². The summed E-state index contributed by atoms with van der Waals surface area (Å²) in [6, 6.07) is 0. The van der Waals surface area contributed by atoms with Gasteiger partial charge in [-0.1, -0.05) is 25.7 Å². The molecule has 0 amide bonds. The lowest BCUT2D eigenvalue weighted by molar-refractivity contribution is -0.152. The third-order valence-corrected chi connectivity index (χ3v) is 2.13. The lowest BCUT2D eigenvalue weighted by Gasteiger charge is -2.23. The van der Waals surface area contributed by atoms with Crippen molar-refractivity contribution in [2.75, 3.05) is 13.2 Å². The summed E-state index contributed by atoms with van der Waals surface area (Å²) >= 11 is 0. The van der Waals surface area contributed by atoms with Crippen LogP contribution < -0.4 is 0 Å². The van der Waals surface area contributed by atoms with E-state index in [2.05, 4.69) is 13.2 Å². The Labute approximate surface area is 98.1 Å². The van der Waals surface area contributed by atoms with Crippen molar-refractivity contribution in [2.24, 2.45) is 0 Å². The van der Waals surface area contributed by atoms with E-state index in [1.54, 1.807) is 0 Å². The largest absolute Gasteiger partial charge is 0.456 e. The molecule has 0 bridgehead atoms. The van der Waals surface area contributed by atoms with Gasteiger partial charge < -0.3 is 9.47 Å². The molecule has 3 heteroatoms. The zero-order valence-electron chi connectivity index (χ0n) is 10.8. The van der Waals surface area contributed by atoms with E-state index < -0.39 is 11.6 Å². The number of rotatable bonds is 7. The van der Waals surface area contributed by atoms with E-state index in [9.17, 15) is 4.79 Å². The third kappa shape index (κ3) is 6.40. The van der Waals surface area contributed by atoms with E-state index in [4.69, 9.17) is 9.47 Å². The molecule has 0 aromatic carbocycles. The fraction of sp³-hybridized carbons (Fsp3) is 0.615. The van der Waals surface area contributed by atoms with E-state index in [1.807, 2.05) is 27.7 Å². The Kier molecular flexibility index (Phi) is 6.04. The first-order chi connectivity index (χ1) is 7.28. The van der Waals surface area contributed by atoms with Gasteiger partial charge in [-0.05, 0) is 27.2 Å². The lowest BCUT2D eigenvalue weighted by Crippen LogP contribution is -2.28. The molecule has 0 saturated heterocycles. The third-order valence-electron chi connectivity index (χ3n) is 2.13. The molecule has 0 fully saturated rings. The molecular weight excluding hydrogens is 204 g/mol. The van der Waals surface area contributed by atoms with Gasteiger partial charge in [0.1, 0.15) is 5.60 Å². The molecule has 0 spiro atoms. The Morgan fingerprint density at radius 1 is 1.25 bits per heavy atom. The lowest BCUT2D eigenvalue weighted by atomic mass is 10.1. The second kappa shape index (κ2) is 6.48. The highest BCUT2D eigenvalue weighted by Crippen LogP contribution is 2.15. The molecule has 0 saturated carbocycles. The molecule has 0 aromatic rings. The fourth-order valence-corrected chi connectivity index (χ4v) is 0.803. The van der Waals surface area contributed by atoms with Crippen molar-refractivity contribution in [2.45, 2.75) is 39.7 Å². The summed E-state index contributed by atoms with van der Waals surface area (Å²) in [4.78, 5) is 11.6. The van der Waals surface area contributed by atoms with Gasteiger partial charge in [0.15, 0.2) is 0 Å². The average molecular weight is 226 g/mol. The van der Waals surface area contributed by atoms with Crippen LogP contribution in [0, 0.1) is 0 Å². The van der Waals surface area contributed by atoms with E-state index in [0.717, 1.165) is 12.0 Å². The molecular formula is C13H22O3. The Bertz CT molecular complexity index is 277. The van der Waals surface area contributed by atoms with Crippen LogP contribution in [0.1, 0.15) is 34.1 Å². The highest BCUT2D eigenvalue weighted by molar-refractivity contribution is 5.88. The zero-order chi connectivity index (χ0) is 12.8. The molecule has 0 radical (unpaired) electrons. The maximum Gasteiger partial charge on any atom is 0.336 e. The summed E-state index contributed by atoms with van der Waals surface area (Å²) in [5.74, 6) is -0.395. The van der Waals surface area contributed by atoms with Crippen molar-refractivity contribution < 1.29 is 14.3 Å². The number of hydrogen-bond donors (Lipinski definition) is 0. The first kappa shape index (κ1) is 14.9. The van der Waals surface area contributed by atoms with Gasteiger partial charge in [0.2, 0.25) is 0 Å². The van der Waals surface area contributed by atoms with Crippen molar-refractivity contribution >= 4 is 5.97 Å². The molecule has 3 nitrogen and oxygen atoms in total. The zero-order valence-corrected chi connectivity index (χ0v) is 10.8. The Hall–Kier alpha value is -1.09. The smallest absolute Gasteiger partial charge is 0.336 e. The van der Waals surface area contributed by atoms with Gasteiger partial charge in [-0.3, -0.25) is 0 Å². The quantitative estimate of drug-likeness (QED) is 0.380. The molecule has 0 aliphatic rings. The van der Waals surface area contributed by atoms with Crippen LogP contribution >= 0.6 is 0 Å². The predicted molar refractivity (Wildman–Crippen MR) is 65.2 cm³/mol. The topological polar surface area (TPSA) is 35.5 Å². The fourth-order valence-electron chi connectivity index (χ4n) is 0.803. The summed E-state index contributed by atoms with van der Waals surface area (Å²) in [7, 11) is 0. The SMILES string of the molecule is C=C(C)COCC(=C)C(=O)OC(C)(C)CC. The second-order valence-electron chi connectivity index (χ2n) is 4.56. The minimum Gasteiger partial charge on any atom is -0.456 e. The van der Waals surface area contributed by atoms with E-state index >= 15 is 0 Å². The summed E-state index contributed by atoms with van der Waals surface area (Å²) < 4.78 is 10.5. The molecule has 0 heterocycles. The summed E-state index contributed by atoms with van der Waals surface area (Å²) in [5, 5.41) is 0. The Morgan fingerprint density at radius 3 is 2.25 bits per heavy atom. The van der Waals surface area contributed by atoms with Gasteiger partial charge in [0.05, 0.1) is 18.8 Å². The first-order valence-corrected chi connectivity index (χ1v) is 5.41.